The van der Waals surface area contributed by atoms with E-state index >= 15 is 0 Å². The Hall–Kier alpha value is -1.91. The molecule has 110 valence electrons. The Morgan fingerprint density at radius 1 is 1.14 bits per heavy atom. The van der Waals surface area contributed by atoms with Gasteiger partial charge in [-0.05, 0) is 42.5 Å². The highest BCUT2D eigenvalue weighted by molar-refractivity contribution is 6.34. The number of ether oxygens (including phenoxy) is 1. The Bertz CT molecular complexity index is 630. The van der Waals surface area contributed by atoms with Gasteiger partial charge in [0.05, 0.1) is 23.7 Å². The zero-order chi connectivity index (χ0) is 15.2. The molecule has 0 aliphatic rings. The van der Waals surface area contributed by atoms with Crippen LogP contribution in [0.2, 0.25) is 10.0 Å². The van der Waals surface area contributed by atoms with E-state index in [0.717, 1.165) is 0 Å². The van der Waals surface area contributed by atoms with Crippen LogP contribution in [0.15, 0.2) is 42.5 Å². The predicted octanol–water partition coefficient (Wildman–Crippen LogP) is 3.98. The SMILES string of the molecule is Nc1ccc(NC(=O)CCOc2ccc(Cl)cc2)c(Cl)c1. The van der Waals surface area contributed by atoms with E-state index < -0.39 is 0 Å². The van der Waals surface area contributed by atoms with Crippen LogP contribution in [0.1, 0.15) is 6.42 Å². The first-order chi connectivity index (χ1) is 10.0. The average molecular weight is 325 g/mol. The van der Waals surface area contributed by atoms with Gasteiger partial charge in [-0.1, -0.05) is 23.2 Å². The molecular formula is C15H14Cl2N2O2. The highest BCUT2D eigenvalue weighted by atomic mass is 35.5. The Labute approximate surface area is 132 Å². The van der Waals surface area contributed by atoms with E-state index in [4.69, 9.17) is 33.7 Å². The Kier molecular flexibility index (Phi) is 5.31. The Morgan fingerprint density at radius 2 is 1.86 bits per heavy atom. The third-order valence-corrected chi connectivity index (χ3v) is 3.24. The molecule has 0 aliphatic carbocycles. The molecule has 1 amide bonds. The summed E-state index contributed by atoms with van der Waals surface area (Å²) in [5.41, 5.74) is 6.66. The molecule has 2 aromatic carbocycles. The van der Waals surface area contributed by atoms with Crippen molar-refractivity contribution in [3.05, 3.63) is 52.5 Å². The lowest BCUT2D eigenvalue weighted by molar-refractivity contribution is -0.116. The van der Waals surface area contributed by atoms with Crippen LogP contribution in [0.3, 0.4) is 0 Å². The fraction of sp³-hybridized carbons (Fsp3) is 0.133. The molecule has 21 heavy (non-hydrogen) atoms. The number of benzene rings is 2. The van der Waals surface area contributed by atoms with Gasteiger partial charge in [0.2, 0.25) is 5.91 Å². The van der Waals surface area contributed by atoms with Gasteiger partial charge in [-0.2, -0.15) is 0 Å². The summed E-state index contributed by atoms with van der Waals surface area (Å²) in [6, 6.07) is 11.9. The van der Waals surface area contributed by atoms with Gasteiger partial charge in [0, 0.05) is 10.7 Å². The summed E-state index contributed by atoms with van der Waals surface area (Å²) < 4.78 is 5.45. The number of amides is 1. The fourth-order valence-corrected chi connectivity index (χ4v) is 2.00. The molecule has 0 radical (unpaired) electrons. The number of nitrogens with two attached hydrogens (primary N) is 1. The molecular weight excluding hydrogens is 311 g/mol. The Balaban J connectivity index is 1.81. The molecule has 0 fully saturated rings. The van der Waals surface area contributed by atoms with Gasteiger partial charge in [-0.25, -0.2) is 0 Å². The van der Waals surface area contributed by atoms with E-state index in [-0.39, 0.29) is 18.9 Å². The summed E-state index contributed by atoms with van der Waals surface area (Å²) >= 11 is 11.8. The molecule has 0 spiro atoms. The van der Waals surface area contributed by atoms with Gasteiger partial charge >= 0.3 is 0 Å². The smallest absolute Gasteiger partial charge is 0.227 e. The lowest BCUT2D eigenvalue weighted by Crippen LogP contribution is -2.15. The minimum atomic E-state index is -0.185. The van der Waals surface area contributed by atoms with E-state index in [1.165, 1.54) is 0 Å². The van der Waals surface area contributed by atoms with E-state index in [1.54, 1.807) is 42.5 Å². The molecule has 0 aromatic heterocycles. The van der Waals surface area contributed by atoms with E-state index in [9.17, 15) is 4.79 Å². The number of hydrogen-bond donors (Lipinski definition) is 2. The largest absolute Gasteiger partial charge is 0.493 e. The van der Waals surface area contributed by atoms with Crippen LogP contribution in [0.4, 0.5) is 11.4 Å². The third-order valence-electron chi connectivity index (χ3n) is 2.68. The fourth-order valence-electron chi connectivity index (χ4n) is 1.64. The van der Waals surface area contributed by atoms with E-state index in [2.05, 4.69) is 5.32 Å². The number of rotatable bonds is 5. The van der Waals surface area contributed by atoms with E-state index in [1.807, 2.05) is 0 Å². The van der Waals surface area contributed by atoms with Gasteiger partial charge in [0.15, 0.2) is 0 Å². The van der Waals surface area contributed by atoms with Gasteiger partial charge in [0.1, 0.15) is 5.75 Å². The number of halogens is 2. The molecule has 4 nitrogen and oxygen atoms in total. The second-order valence-electron chi connectivity index (χ2n) is 4.34. The molecule has 3 N–H and O–H groups in total. The number of anilines is 2. The monoisotopic (exact) mass is 324 g/mol. The van der Waals surface area contributed by atoms with Crippen molar-refractivity contribution in [3.63, 3.8) is 0 Å². The third kappa shape index (κ3) is 4.85. The zero-order valence-corrected chi connectivity index (χ0v) is 12.6. The van der Waals surface area contributed by atoms with Crippen molar-refractivity contribution in [3.8, 4) is 5.75 Å². The van der Waals surface area contributed by atoms with Crippen molar-refractivity contribution in [2.24, 2.45) is 0 Å². The summed E-state index contributed by atoms with van der Waals surface area (Å²) in [6.07, 6.45) is 0.212. The standard InChI is InChI=1S/C15H14Cl2N2O2/c16-10-1-4-12(5-2-10)21-8-7-15(20)19-14-6-3-11(18)9-13(14)17/h1-6,9H,7-8,18H2,(H,19,20). The molecule has 0 saturated heterocycles. The van der Waals surface area contributed by atoms with Crippen molar-refractivity contribution in [2.45, 2.75) is 6.42 Å². The summed E-state index contributed by atoms with van der Waals surface area (Å²) in [7, 11) is 0. The van der Waals surface area contributed by atoms with Crippen molar-refractivity contribution >= 4 is 40.5 Å². The summed E-state index contributed by atoms with van der Waals surface area (Å²) in [6.45, 7) is 0.264. The summed E-state index contributed by atoms with van der Waals surface area (Å²) in [4.78, 5) is 11.8. The molecule has 0 aliphatic heterocycles. The number of carbonyl (C=O) groups is 1. The molecule has 0 saturated carbocycles. The highest BCUT2D eigenvalue weighted by Crippen LogP contribution is 2.24. The van der Waals surface area contributed by atoms with Gasteiger partial charge < -0.3 is 15.8 Å². The number of hydrogen-bond acceptors (Lipinski definition) is 3. The van der Waals surface area contributed by atoms with Crippen LogP contribution in [0, 0.1) is 0 Å². The number of nitrogen functional groups attached to an aromatic ring is 1. The van der Waals surface area contributed by atoms with Gasteiger partial charge in [-0.15, -0.1) is 0 Å². The first-order valence-corrected chi connectivity index (χ1v) is 7.03. The molecule has 2 aromatic rings. The molecule has 0 atom stereocenters. The van der Waals surface area contributed by atoms with Gasteiger partial charge in [0.25, 0.3) is 0 Å². The lowest BCUT2D eigenvalue weighted by Gasteiger charge is -2.09. The van der Waals surface area contributed by atoms with Crippen molar-refractivity contribution in [1.82, 2.24) is 0 Å². The molecule has 0 bridgehead atoms. The van der Waals surface area contributed by atoms with Crippen molar-refractivity contribution < 1.29 is 9.53 Å². The second-order valence-corrected chi connectivity index (χ2v) is 5.18. The second kappa shape index (κ2) is 7.20. The quantitative estimate of drug-likeness (QED) is 0.817. The van der Waals surface area contributed by atoms with Crippen LogP contribution in [-0.4, -0.2) is 12.5 Å². The van der Waals surface area contributed by atoms with Crippen LogP contribution in [0.5, 0.6) is 5.75 Å². The highest BCUT2D eigenvalue weighted by Gasteiger charge is 2.06. The molecule has 0 unspecified atom stereocenters. The minimum Gasteiger partial charge on any atom is -0.493 e. The predicted molar refractivity (Wildman–Crippen MR) is 86.1 cm³/mol. The Morgan fingerprint density at radius 3 is 2.52 bits per heavy atom. The molecule has 6 heteroatoms. The van der Waals surface area contributed by atoms with Gasteiger partial charge in [-0.3, -0.25) is 4.79 Å². The maximum Gasteiger partial charge on any atom is 0.227 e. The number of carbonyl (C=O) groups excluding carboxylic acids is 1. The summed E-state index contributed by atoms with van der Waals surface area (Å²) in [5, 5.41) is 3.75. The first-order valence-electron chi connectivity index (χ1n) is 6.28. The molecule has 0 heterocycles. The summed E-state index contributed by atoms with van der Waals surface area (Å²) in [5.74, 6) is 0.480. The zero-order valence-electron chi connectivity index (χ0n) is 11.1. The molecule has 2 rings (SSSR count). The first kappa shape index (κ1) is 15.5. The number of nitrogens with one attached hydrogen (secondary N) is 1. The lowest BCUT2D eigenvalue weighted by atomic mass is 10.2. The van der Waals surface area contributed by atoms with E-state index in [0.29, 0.717) is 27.2 Å². The van der Waals surface area contributed by atoms with Crippen molar-refractivity contribution in [1.29, 1.82) is 0 Å². The average Bonchev–Trinajstić information content (AvgIpc) is 2.44. The minimum absolute atomic E-state index is 0.185. The maximum absolute atomic E-state index is 11.8. The van der Waals surface area contributed by atoms with Crippen LogP contribution in [-0.2, 0) is 4.79 Å². The normalized spacial score (nSPS) is 10.2. The topological polar surface area (TPSA) is 64.3 Å². The van der Waals surface area contributed by atoms with Crippen LogP contribution in [0.25, 0.3) is 0 Å². The van der Waals surface area contributed by atoms with Crippen LogP contribution >= 0.6 is 23.2 Å². The maximum atomic E-state index is 11.8. The van der Waals surface area contributed by atoms with Crippen molar-refractivity contribution in [2.75, 3.05) is 17.7 Å². The van der Waals surface area contributed by atoms with Crippen LogP contribution < -0.4 is 15.8 Å².